The van der Waals surface area contributed by atoms with Crippen LogP contribution in [0.15, 0.2) is 30.3 Å². The van der Waals surface area contributed by atoms with Crippen molar-refractivity contribution in [2.24, 2.45) is 11.7 Å². The number of hydrogen-bond donors (Lipinski definition) is 4. The Morgan fingerprint density at radius 3 is 2.38 bits per heavy atom. The second-order valence-electron chi connectivity index (χ2n) is 7.32. The lowest BCUT2D eigenvalue weighted by Gasteiger charge is -2.16. The van der Waals surface area contributed by atoms with Gasteiger partial charge in [-0.15, -0.1) is 0 Å². The van der Waals surface area contributed by atoms with Gasteiger partial charge in [0.05, 0.1) is 0 Å². The molecule has 0 amide bonds. The quantitative estimate of drug-likeness (QED) is 0.564. The lowest BCUT2D eigenvalue weighted by atomic mass is 9.98. The first kappa shape index (κ1) is 19.8. The summed E-state index contributed by atoms with van der Waals surface area (Å²) in [6.07, 6.45) is 1.11. The first-order valence-electron chi connectivity index (χ1n) is 8.84. The Kier molecular flexibility index (Phi) is 6.27. The van der Waals surface area contributed by atoms with E-state index in [2.05, 4.69) is 19.2 Å². The van der Waals surface area contributed by atoms with E-state index in [-0.39, 0.29) is 0 Å². The standard InChI is InChI=1S/C21H28N2O3/c1-12(2)7-16-11-17(9-14(4)20(16)24)23-19-6-5-15(8-13(19)3)10-18(22)21(25)26/h5-6,8-9,11-12,18,23-24H,7,10,22H2,1-4H3,(H,25,26). The van der Waals surface area contributed by atoms with E-state index >= 15 is 0 Å². The number of carbonyl (C=O) groups is 1. The van der Waals surface area contributed by atoms with E-state index in [9.17, 15) is 9.90 Å². The van der Waals surface area contributed by atoms with Crippen LogP contribution in [-0.4, -0.2) is 22.2 Å². The van der Waals surface area contributed by atoms with Gasteiger partial charge in [0.2, 0.25) is 0 Å². The molecule has 26 heavy (non-hydrogen) atoms. The van der Waals surface area contributed by atoms with Gasteiger partial charge in [-0.05, 0) is 73.1 Å². The zero-order valence-corrected chi connectivity index (χ0v) is 15.8. The molecule has 0 heterocycles. The van der Waals surface area contributed by atoms with E-state index in [0.29, 0.717) is 18.1 Å². The second-order valence-corrected chi connectivity index (χ2v) is 7.32. The third kappa shape index (κ3) is 4.99. The van der Waals surface area contributed by atoms with Gasteiger partial charge in [-0.3, -0.25) is 4.79 Å². The molecule has 5 heteroatoms. The zero-order chi connectivity index (χ0) is 19.4. The van der Waals surface area contributed by atoms with Crippen LogP contribution in [0.2, 0.25) is 0 Å². The molecule has 5 N–H and O–H groups in total. The van der Waals surface area contributed by atoms with Crippen LogP contribution in [-0.2, 0) is 17.6 Å². The fraction of sp³-hybridized carbons (Fsp3) is 0.381. The van der Waals surface area contributed by atoms with Gasteiger partial charge in [0.15, 0.2) is 0 Å². The van der Waals surface area contributed by atoms with Crippen LogP contribution in [0.25, 0.3) is 0 Å². The van der Waals surface area contributed by atoms with Crippen molar-refractivity contribution in [3.05, 3.63) is 52.6 Å². The maximum Gasteiger partial charge on any atom is 0.320 e. The minimum Gasteiger partial charge on any atom is -0.507 e. The maximum absolute atomic E-state index is 10.9. The molecule has 0 saturated heterocycles. The number of nitrogens with one attached hydrogen (secondary N) is 1. The molecule has 0 fully saturated rings. The van der Waals surface area contributed by atoms with Gasteiger partial charge >= 0.3 is 5.97 Å². The van der Waals surface area contributed by atoms with E-state index in [1.54, 1.807) is 0 Å². The van der Waals surface area contributed by atoms with E-state index < -0.39 is 12.0 Å². The highest BCUT2D eigenvalue weighted by molar-refractivity contribution is 5.73. The van der Waals surface area contributed by atoms with Gasteiger partial charge in [-0.1, -0.05) is 26.0 Å². The predicted octanol–water partition coefficient (Wildman–Crippen LogP) is 3.91. The Hall–Kier alpha value is -2.53. The molecule has 0 aliphatic rings. The molecule has 0 aromatic heterocycles. The Balaban J connectivity index is 2.23. The smallest absolute Gasteiger partial charge is 0.320 e. The minimum atomic E-state index is -0.998. The van der Waals surface area contributed by atoms with Crippen molar-refractivity contribution in [1.82, 2.24) is 0 Å². The molecule has 2 rings (SSSR count). The summed E-state index contributed by atoms with van der Waals surface area (Å²) < 4.78 is 0. The Morgan fingerprint density at radius 1 is 1.12 bits per heavy atom. The fourth-order valence-corrected chi connectivity index (χ4v) is 3.01. The highest BCUT2D eigenvalue weighted by Gasteiger charge is 2.13. The summed E-state index contributed by atoms with van der Waals surface area (Å²) in [6.45, 7) is 8.12. The molecule has 0 aliphatic carbocycles. The van der Waals surface area contributed by atoms with Gasteiger partial charge in [-0.2, -0.15) is 0 Å². The number of carboxylic acids is 1. The summed E-state index contributed by atoms with van der Waals surface area (Å²) in [5.41, 5.74) is 11.2. The fourth-order valence-electron chi connectivity index (χ4n) is 3.01. The summed E-state index contributed by atoms with van der Waals surface area (Å²) >= 11 is 0. The average molecular weight is 356 g/mol. The van der Waals surface area contributed by atoms with Crippen LogP contribution in [0.3, 0.4) is 0 Å². The van der Waals surface area contributed by atoms with Crippen molar-refractivity contribution in [2.45, 2.75) is 46.6 Å². The number of rotatable bonds is 7. The van der Waals surface area contributed by atoms with Crippen molar-refractivity contribution < 1.29 is 15.0 Å². The molecular formula is C21H28N2O3. The summed E-state index contributed by atoms with van der Waals surface area (Å²) in [5.74, 6) is -0.184. The number of phenols is 1. The van der Waals surface area contributed by atoms with E-state index in [4.69, 9.17) is 10.8 Å². The van der Waals surface area contributed by atoms with Crippen molar-refractivity contribution in [1.29, 1.82) is 0 Å². The summed E-state index contributed by atoms with van der Waals surface area (Å²) in [6, 6.07) is 8.78. The van der Waals surface area contributed by atoms with Gasteiger partial charge < -0.3 is 21.3 Å². The summed E-state index contributed by atoms with van der Waals surface area (Å²) in [7, 11) is 0. The van der Waals surface area contributed by atoms with E-state index in [1.165, 1.54) is 0 Å². The maximum atomic E-state index is 10.9. The first-order valence-corrected chi connectivity index (χ1v) is 8.84. The molecule has 1 atom stereocenters. The lowest BCUT2D eigenvalue weighted by Crippen LogP contribution is -2.32. The Bertz CT molecular complexity index is 800. The number of carboxylic acid groups (broad SMARTS) is 1. The third-order valence-electron chi connectivity index (χ3n) is 4.35. The summed E-state index contributed by atoms with van der Waals surface area (Å²) in [4.78, 5) is 10.9. The highest BCUT2D eigenvalue weighted by Crippen LogP contribution is 2.31. The second kappa shape index (κ2) is 8.23. The number of anilines is 2. The number of aromatic hydroxyl groups is 1. The highest BCUT2D eigenvalue weighted by atomic mass is 16.4. The van der Waals surface area contributed by atoms with Crippen LogP contribution in [0.1, 0.15) is 36.1 Å². The number of aryl methyl sites for hydroxylation is 2. The largest absolute Gasteiger partial charge is 0.507 e. The number of hydrogen-bond acceptors (Lipinski definition) is 4. The molecule has 140 valence electrons. The SMILES string of the molecule is Cc1cc(CC(N)C(=O)O)ccc1Nc1cc(C)c(O)c(CC(C)C)c1. The third-order valence-corrected chi connectivity index (χ3v) is 4.35. The number of phenolic OH excluding ortho intramolecular Hbond substituents is 1. The molecule has 2 aromatic rings. The van der Waals surface area contributed by atoms with Crippen molar-refractivity contribution in [2.75, 3.05) is 5.32 Å². The van der Waals surface area contributed by atoms with Crippen LogP contribution in [0.4, 0.5) is 11.4 Å². The van der Waals surface area contributed by atoms with E-state index in [0.717, 1.165) is 40.0 Å². The van der Waals surface area contributed by atoms with Gasteiger partial charge in [0.25, 0.3) is 0 Å². The molecule has 0 aliphatic heterocycles. The number of benzene rings is 2. The molecule has 5 nitrogen and oxygen atoms in total. The minimum absolute atomic E-state index is 0.299. The normalized spacial score (nSPS) is 12.2. The van der Waals surface area contributed by atoms with Crippen LogP contribution < -0.4 is 11.1 Å². The molecule has 0 spiro atoms. The first-order chi connectivity index (χ1) is 12.2. The predicted molar refractivity (Wildman–Crippen MR) is 105 cm³/mol. The van der Waals surface area contributed by atoms with Crippen molar-refractivity contribution >= 4 is 17.3 Å². The molecule has 0 bridgehead atoms. The number of nitrogens with two attached hydrogens (primary N) is 1. The summed E-state index contributed by atoms with van der Waals surface area (Å²) in [5, 5.41) is 22.6. The van der Waals surface area contributed by atoms with Gasteiger partial charge in [0.1, 0.15) is 11.8 Å². The monoisotopic (exact) mass is 356 g/mol. The van der Waals surface area contributed by atoms with Crippen LogP contribution >= 0.6 is 0 Å². The average Bonchev–Trinajstić information content (AvgIpc) is 2.54. The van der Waals surface area contributed by atoms with Crippen molar-refractivity contribution in [3.63, 3.8) is 0 Å². The van der Waals surface area contributed by atoms with Crippen molar-refractivity contribution in [3.8, 4) is 5.75 Å². The topological polar surface area (TPSA) is 95.6 Å². The van der Waals surface area contributed by atoms with Gasteiger partial charge in [0, 0.05) is 11.4 Å². The Morgan fingerprint density at radius 2 is 1.81 bits per heavy atom. The van der Waals surface area contributed by atoms with Crippen LogP contribution in [0, 0.1) is 19.8 Å². The number of aliphatic carboxylic acids is 1. The molecule has 2 aromatic carbocycles. The van der Waals surface area contributed by atoms with Crippen LogP contribution in [0.5, 0.6) is 5.75 Å². The molecule has 1 unspecified atom stereocenters. The van der Waals surface area contributed by atoms with E-state index in [1.807, 2.05) is 44.2 Å². The lowest BCUT2D eigenvalue weighted by molar-refractivity contribution is -0.138. The molecule has 0 saturated carbocycles. The molecular weight excluding hydrogens is 328 g/mol. The Labute approximate surface area is 154 Å². The zero-order valence-electron chi connectivity index (χ0n) is 15.8. The van der Waals surface area contributed by atoms with Gasteiger partial charge in [-0.25, -0.2) is 0 Å². The molecule has 0 radical (unpaired) electrons.